The number of pyridine rings is 1. The van der Waals surface area contributed by atoms with E-state index in [1.54, 1.807) is 12.3 Å². The highest BCUT2D eigenvalue weighted by molar-refractivity contribution is 6.01. The van der Waals surface area contributed by atoms with Crippen molar-refractivity contribution in [2.45, 2.75) is 38.9 Å². The van der Waals surface area contributed by atoms with Crippen molar-refractivity contribution >= 4 is 33.8 Å². The van der Waals surface area contributed by atoms with E-state index in [4.69, 9.17) is 5.73 Å². The quantitative estimate of drug-likeness (QED) is 0.449. The number of para-hydroxylation sites is 1. The maximum Gasteiger partial charge on any atom is 0.408 e. The molecule has 3 heterocycles. The maximum absolute atomic E-state index is 12.0. The van der Waals surface area contributed by atoms with Crippen LogP contribution >= 0.6 is 0 Å². The van der Waals surface area contributed by atoms with Gasteiger partial charge >= 0.3 is 6.09 Å². The first kappa shape index (κ1) is 21.3. The molecule has 0 unspecified atom stereocenters. The van der Waals surface area contributed by atoms with E-state index < -0.39 is 17.7 Å². The van der Waals surface area contributed by atoms with Crippen LogP contribution in [-0.4, -0.2) is 47.2 Å². The highest BCUT2D eigenvalue weighted by atomic mass is 16.4. The second-order valence-electron chi connectivity index (χ2n) is 8.70. The smallest absolute Gasteiger partial charge is 0.408 e. The topological polar surface area (TPSA) is 110 Å². The van der Waals surface area contributed by atoms with Crippen molar-refractivity contribution in [2.75, 3.05) is 5.73 Å². The Balaban J connectivity index is 1.85. The van der Waals surface area contributed by atoms with Crippen molar-refractivity contribution in [2.24, 2.45) is 0 Å². The normalized spacial score (nSPS) is 12.7. The van der Waals surface area contributed by atoms with Crippen LogP contribution in [0.2, 0.25) is 0 Å². The largest absolute Gasteiger partial charge is 0.465 e. The van der Waals surface area contributed by atoms with Crippen LogP contribution in [0.25, 0.3) is 33.1 Å². The maximum atomic E-state index is 12.0. The van der Waals surface area contributed by atoms with Gasteiger partial charge in [0.1, 0.15) is 17.8 Å². The van der Waals surface area contributed by atoms with Gasteiger partial charge in [-0.15, -0.1) is 6.58 Å². The van der Waals surface area contributed by atoms with Crippen LogP contribution in [0, 0.1) is 0 Å². The zero-order valence-electron chi connectivity index (χ0n) is 18.4. The highest BCUT2D eigenvalue weighted by Gasteiger charge is 2.32. The molecule has 32 heavy (non-hydrogen) atoms. The van der Waals surface area contributed by atoms with E-state index in [1.807, 2.05) is 55.8 Å². The number of nitrogens with two attached hydrogens (primary N) is 1. The van der Waals surface area contributed by atoms with Gasteiger partial charge < -0.3 is 15.4 Å². The molecule has 4 rings (SSSR count). The molecule has 0 saturated heterocycles. The molecular weight excluding hydrogens is 404 g/mol. The first-order chi connectivity index (χ1) is 15.2. The molecule has 0 spiro atoms. The number of amides is 1. The van der Waals surface area contributed by atoms with Gasteiger partial charge in [0.25, 0.3) is 0 Å². The molecule has 0 aliphatic rings. The van der Waals surface area contributed by atoms with Crippen LogP contribution < -0.4 is 5.73 Å². The molecule has 1 amide bonds. The third-order valence-corrected chi connectivity index (χ3v) is 5.50. The Bertz CT molecular complexity index is 1320. The zero-order chi connectivity index (χ0) is 23.0. The summed E-state index contributed by atoms with van der Waals surface area (Å²) in [5.74, 6) is 0.359. The molecule has 1 atom stereocenters. The van der Waals surface area contributed by atoms with Crippen molar-refractivity contribution < 1.29 is 9.90 Å². The molecule has 8 heteroatoms. The number of carbonyl (C=O) groups is 1. The summed E-state index contributed by atoms with van der Waals surface area (Å²) >= 11 is 0. The van der Waals surface area contributed by atoms with Gasteiger partial charge in [-0.3, -0.25) is 9.88 Å². The van der Waals surface area contributed by atoms with Gasteiger partial charge in [-0.2, -0.15) is 0 Å². The van der Waals surface area contributed by atoms with E-state index in [0.717, 1.165) is 22.0 Å². The van der Waals surface area contributed by atoms with Crippen molar-refractivity contribution in [1.29, 1.82) is 0 Å². The Hall–Kier alpha value is -3.94. The second kappa shape index (κ2) is 7.96. The zero-order valence-corrected chi connectivity index (χ0v) is 18.4. The highest BCUT2D eigenvalue weighted by Crippen LogP contribution is 2.34. The molecule has 0 aliphatic carbocycles. The number of fused-ring (bicyclic) bond motifs is 2. The number of benzene rings is 1. The van der Waals surface area contributed by atoms with Gasteiger partial charge in [0.2, 0.25) is 0 Å². The van der Waals surface area contributed by atoms with Crippen molar-refractivity contribution in [3.63, 3.8) is 0 Å². The molecule has 8 nitrogen and oxygen atoms in total. The molecule has 0 bridgehead atoms. The lowest BCUT2D eigenvalue weighted by Crippen LogP contribution is -2.51. The van der Waals surface area contributed by atoms with Crippen molar-refractivity contribution in [3.05, 3.63) is 61.7 Å². The first-order valence-electron chi connectivity index (χ1n) is 10.3. The van der Waals surface area contributed by atoms with E-state index in [2.05, 4.69) is 27.6 Å². The lowest BCUT2D eigenvalue weighted by atomic mass is 10.0. The predicted molar refractivity (Wildman–Crippen MR) is 126 cm³/mol. The summed E-state index contributed by atoms with van der Waals surface area (Å²) in [5.41, 5.74) is 8.91. The molecule has 1 aromatic carbocycles. The summed E-state index contributed by atoms with van der Waals surface area (Å²) in [6.45, 7) is 9.80. The molecule has 0 radical (unpaired) electrons. The number of hydrogen-bond donors (Lipinski definition) is 2. The third kappa shape index (κ3) is 3.75. The minimum atomic E-state index is -1.01. The van der Waals surface area contributed by atoms with Crippen LogP contribution in [0.3, 0.4) is 0 Å². The summed E-state index contributed by atoms with van der Waals surface area (Å²) in [7, 11) is 0. The van der Waals surface area contributed by atoms with Gasteiger partial charge in [-0.1, -0.05) is 24.3 Å². The first-order valence-corrected chi connectivity index (χ1v) is 10.3. The van der Waals surface area contributed by atoms with Gasteiger partial charge in [0.05, 0.1) is 16.9 Å². The molecule has 4 aromatic rings. The van der Waals surface area contributed by atoms with Gasteiger partial charge in [-0.05, 0) is 32.9 Å². The molecule has 0 aliphatic heterocycles. The number of nitrogens with zero attached hydrogens (tertiary/aromatic N) is 5. The molecule has 3 aromatic heterocycles. The lowest BCUT2D eigenvalue weighted by molar-refractivity contribution is 0.0788. The Morgan fingerprint density at radius 1 is 1.28 bits per heavy atom. The molecule has 164 valence electrons. The van der Waals surface area contributed by atoms with Crippen molar-refractivity contribution in [1.82, 2.24) is 24.4 Å². The van der Waals surface area contributed by atoms with Crippen molar-refractivity contribution in [3.8, 4) is 11.1 Å². The van der Waals surface area contributed by atoms with E-state index in [0.29, 0.717) is 23.4 Å². The fourth-order valence-electron chi connectivity index (χ4n) is 4.11. The Kier molecular flexibility index (Phi) is 5.30. The minimum Gasteiger partial charge on any atom is -0.465 e. The monoisotopic (exact) mass is 430 g/mol. The average Bonchev–Trinajstić information content (AvgIpc) is 3.11. The Morgan fingerprint density at radius 3 is 2.72 bits per heavy atom. The Morgan fingerprint density at radius 2 is 2.03 bits per heavy atom. The SMILES string of the molecule is C=C[C@@H](Cn1cc(-c2cnc3ccccc3c2)c2c(N)ncnc21)N(C(=O)O)C(C)(C)C. The van der Waals surface area contributed by atoms with Crippen LogP contribution in [0.5, 0.6) is 0 Å². The van der Waals surface area contributed by atoms with Crippen LogP contribution in [0.1, 0.15) is 20.8 Å². The minimum absolute atomic E-state index is 0.334. The van der Waals surface area contributed by atoms with Gasteiger partial charge in [0, 0.05) is 41.0 Å². The summed E-state index contributed by atoms with van der Waals surface area (Å²) < 4.78 is 1.91. The summed E-state index contributed by atoms with van der Waals surface area (Å²) in [4.78, 5) is 26.6. The lowest BCUT2D eigenvalue weighted by Gasteiger charge is -2.38. The summed E-state index contributed by atoms with van der Waals surface area (Å²) in [6, 6.07) is 9.47. The third-order valence-electron chi connectivity index (χ3n) is 5.50. The van der Waals surface area contributed by atoms with Gasteiger partial charge in [-0.25, -0.2) is 14.8 Å². The second-order valence-corrected chi connectivity index (χ2v) is 8.70. The number of nitrogen functional groups attached to an aromatic ring is 1. The summed E-state index contributed by atoms with van der Waals surface area (Å²) in [6.07, 6.45) is 5.79. The molecule has 3 N–H and O–H groups in total. The number of anilines is 1. The number of aromatic nitrogens is 4. The van der Waals surface area contributed by atoms with Crippen LogP contribution in [0.15, 0.2) is 61.7 Å². The Labute approximate surface area is 186 Å². The molecule has 0 saturated carbocycles. The predicted octanol–water partition coefficient (Wildman–Crippen LogP) is 4.56. The average molecular weight is 431 g/mol. The molecular formula is C24H26N6O2. The standard InChI is InChI=1S/C24H26N6O2/c1-5-17(30(23(31)32)24(2,3)4)12-29-13-18(20-21(25)27-14-28-22(20)29)16-10-15-8-6-7-9-19(15)26-11-16/h5-11,13-14,17H,1,12H2,2-4H3,(H,31,32)(H2,25,27,28)/t17-/m0/s1. The van der Waals surface area contributed by atoms with E-state index in [9.17, 15) is 9.90 Å². The van der Waals surface area contributed by atoms with Gasteiger partial charge in [0.15, 0.2) is 0 Å². The molecule has 0 fully saturated rings. The van der Waals surface area contributed by atoms with E-state index in [1.165, 1.54) is 11.2 Å². The summed E-state index contributed by atoms with van der Waals surface area (Å²) in [5, 5.41) is 11.6. The van der Waals surface area contributed by atoms with E-state index >= 15 is 0 Å². The fourth-order valence-corrected chi connectivity index (χ4v) is 4.11. The number of carboxylic acid groups (broad SMARTS) is 1. The van der Waals surface area contributed by atoms with Crippen LogP contribution in [-0.2, 0) is 6.54 Å². The van der Waals surface area contributed by atoms with E-state index in [-0.39, 0.29) is 0 Å². The number of rotatable bonds is 5. The number of hydrogen-bond acceptors (Lipinski definition) is 5. The van der Waals surface area contributed by atoms with Crippen LogP contribution in [0.4, 0.5) is 10.6 Å². The fraction of sp³-hybridized carbons (Fsp3) is 0.250.